The van der Waals surface area contributed by atoms with Crippen LogP contribution >= 0.6 is 0 Å². The predicted octanol–water partition coefficient (Wildman–Crippen LogP) is 6.27. The molecule has 0 amide bonds. The first-order valence-electron chi connectivity index (χ1n) is 14.3. The van der Waals surface area contributed by atoms with E-state index < -0.39 is 17.0 Å². The molecule has 2 fully saturated rings. The lowest BCUT2D eigenvalue weighted by Crippen LogP contribution is -2.36. The number of nitrogens with zero attached hydrogens (tertiary/aromatic N) is 3. The van der Waals surface area contributed by atoms with Crippen LogP contribution in [0.1, 0.15) is 73.2 Å². The van der Waals surface area contributed by atoms with Gasteiger partial charge in [0.2, 0.25) is 0 Å². The summed E-state index contributed by atoms with van der Waals surface area (Å²) in [5.74, 6) is 0.322. The summed E-state index contributed by atoms with van der Waals surface area (Å²) in [7, 11) is -0.863. The molecule has 1 saturated heterocycles. The Morgan fingerprint density at radius 3 is 2.47 bits per heavy atom. The van der Waals surface area contributed by atoms with Gasteiger partial charge in [-0.3, -0.25) is 0 Å². The number of rotatable bonds is 6. The van der Waals surface area contributed by atoms with Gasteiger partial charge in [0.05, 0.1) is 22.2 Å². The summed E-state index contributed by atoms with van der Waals surface area (Å²) in [5.41, 5.74) is 6.77. The standard InChI is InChI=1S/C31H39N3O3S/c1-38(37)33-17-14-22(15-18-33)13-16-32-19-20-34-28-21-24(31(35)36)11-12-25(28)29(23-7-3-2-4-8-23)30(34)26-9-5-6-10-27(26)32/h5-6,9-12,21-23H,2-4,7-8,13-20H2,1H3,(H,35,36). The molecule has 3 aromatic rings. The van der Waals surface area contributed by atoms with Gasteiger partial charge in [0.15, 0.2) is 0 Å². The number of hydrogen-bond acceptors (Lipinski definition) is 3. The van der Waals surface area contributed by atoms with E-state index in [0.717, 1.165) is 57.5 Å². The molecule has 1 saturated carbocycles. The second-order valence-corrected chi connectivity index (χ2v) is 12.7. The van der Waals surface area contributed by atoms with Gasteiger partial charge in [-0.15, -0.1) is 0 Å². The fourth-order valence-electron chi connectivity index (χ4n) is 7.15. The molecule has 38 heavy (non-hydrogen) atoms. The molecule has 6 nitrogen and oxygen atoms in total. The van der Waals surface area contributed by atoms with Gasteiger partial charge in [-0.1, -0.05) is 43.5 Å². The SMILES string of the molecule is CS(=O)N1CCC(CCN2CCn3c(c(C4CCCCC4)c4ccc(C(=O)O)cc43)-c3ccccc32)CC1. The molecular weight excluding hydrogens is 494 g/mol. The number of carbonyl (C=O) groups is 1. The maximum absolute atomic E-state index is 11.9. The molecule has 6 rings (SSSR count). The highest BCUT2D eigenvalue weighted by atomic mass is 32.2. The van der Waals surface area contributed by atoms with Crippen LogP contribution in [0.25, 0.3) is 22.2 Å². The van der Waals surface area contributed by atoms with E-state index >= 15 is 0 Å². The summed E-state index contributed by atoms with van der Waals surface area (Å²) in [5, 5.41) is 11.0. The van der Waals surface area contributed by atoms with E-state index in [1.165, 1.54) is 60.0 Å². The minimum Gasteiger partial charge on any atom is -0.478 e. The lowest BCUT2D eigenvalue weighted by molar-refractivity contribution is 0.0697. The molecule has 1 unspecified atom stereocenters. The van der Waals surface area contributed by atoms with Gasteiger partial charge < -0.3 is 14.6 Å². The molecule has 0 spiro atoms. The molecule has 1 aliphatic carbocycles. The molecule has 2 aromatic carbocycles. The van der Waals surface area contributed by atoms with Crippen molar-refractivity contribution in [3.05, 3.63) is 53.6 Å². The summed E-state index contributed by atoms with van der Waals surface area (Å²) in [4.78, 5) is 14.5. The van der Waals surface area contributed by atoms with Crippen molar-refractivity contribution in [3.63, 3.8) is 0 Å². The molecule has 0 bridgehead atoms. The second-order valence-electron chi connectivity index (χ2n) is 11.4. The lowest BCUT2D eigenvalue weighted by Gasteiger charge is -2.32. The van der Waals surface area contributed by atoms with Crippen molar-refractivity contribution in [2.24, 2.45) is 5.92 Å². The van der Waals surface area contributed by atoms with Crippen molar-refractivity contribution < 1.29 is 14.1 Å². The number of aromatic nitrogens is 1. The molecule has 0 radical (unpaired) electrons. The van der Waals surface area contributed by atoms with Gasteiger partial charge >= 0.3 is 5.97 Å². The molecule has 3 aliphatic rings. The topological polar surface area (TPSA) is 65.8 Å². The molecule has 7 heteroatoms. The van der Waals surface area contributed by atoms with Gasteiger partial charge in [0.25, 0.3) is 0 Å². The van der Waals surface area contributed by atoms with Gasteiger partial charge in [0.1, 0.15) is 0 Å². The second kappa shape index (κ2) is 10.9. The van der Waals surface area contributed by atoms with E-state index in [4.69, 9.17) is 0 Å². The number of hydrogen-bond donors (Lipinski definition) is 1. The van der Waals surface area contributed by atoms with E-state index in [9.17, 15) is 14.1 Å². The van der Waals surface area contributed by atoms with Crippen LogP contribution in [0, 0.1) is 5.92 Å². The summed E-state index contributed by atoms with van der Waals surface area (Å²) in [6, 6.07) is 14.6. The van der Waals surface area contributed by atoms with Gasteiger partial charge in [-0.05, 0) is 67.7 Å². The monoisotopic (exact) mass is 533 g/mol. The number of anilines is 1. The highest BCUT2D eigenvalue weighted by molar-refractivity contribution is 7.81. The molecule has 2 aliphatic heterocycles. The number of aromatic carboxylic acids is 1. The average Bonchev–Trinajstić information content (AvgIpc) is 3.17. The smallest absolute Gasteiger partial charge is 0.335 e. The Balaban J connectivity index is 1.37. The zero-order valence-corrected chi connectivity index (χ0v) is 23.2. The van der Waals surface area contributed by atoms with Crippen LogP contribution in [0.15, 0.2) is 42.5 Å². The first kappa shape index (κ1) is 25.6. The van der Waals surface area contributed by atoms with Crippen molar-refractivity contribution in [1.29, 1.82) is 0 Å². The van der Waals surface area contributed by atoms with Crippen molar-refractivity contribution in [2.75, 3.05) is 37.3 Å². The van der Waals surface area contributed by atoms with Gasteiger partial charge in [-0.2, -0.15) is 0 Å². The normalized spacial score (nSPS) is 20.2. The van der Waals surface area contributed by atoms with E-state index in [-0.39, 0.29) is 0 Å². The highest BCUT2D eigenvalue weighted by Gasteiger charge is 2.31. The fraction of sp³-hybridized carbons (Fsp3) is 0.516. The third-order valence-electron chi connectivity index (χ3n) is 9.20. The number of carboxylic acid groups (broad SMARTS) is 1. The molecule has 202 valence electrons. The van der Waals surface area contributed by atoms with Crippen molar-refractivity contribution >= 4 is 33.5 Å². The summed E-state index contributed by atoms with van der Waals surface area (Å²) >= 11 is 0. The minimum absolute atomic E-state index is 0.363. The maximum atomic E-state index is 11.9. The van der Waals surface area contributed by atoms with Crippen molar-refractivity contribution in [3.8, 4) is 11.3 Å². The third kappa shape index (κ3) is 4.79. The average molecular weight is 534 g/mol. The van der Waals surface area contributed by atoms with Crippen LogP contribution in [-0.4, -0.2) is 56.6 Å². The van der Waals surface area contributed by atoms with Crippen LogP contribution in [0.2, 0.25) is 0 Å². The van der Waals surface area contributed by atoms with E-state index in [2.05, 4.69) is 44.1 Å². The summed E-state index contributed by atoms with van der Waals surface area (Å²) in [6.45, 7) is 4.63. The number of piperidine rings is 1. The Hall–Kier alpha value is -2.64. The Morgan fingerprint density at radius 1 is 0.974 bits per heavy atom. The molecular formula is C31H39N3O3S. The lowest BCUT2D eigenvalue weighted by atomic mass is 9.81. The van der Waals surface area contributed by atoms with Crippen LogP contribution in [-0.2, 0) is 17.5 Å². The largest absolute Gasteiger partial charge is 0.478 e. The first-order chi connectivity index (χ1) is 18.5. The van der Waals surface area contributed by atoms with E-state index in [1.54, 1.807) is 12.3 Å². The molecule has 1 atom stereocenters. The maximum Gasteiger partial charge on any atom is 0.335 e. The number of fused-ring (bicyclic) bond motifs is 5. The third-order valence-corrected chi connectivity index (χ3v) is 10.3. The van der Waals surface area contributed by atoms with Crippen molar-refractivity contribution in [1.82, 2.24) is 8.87 Å². The van der Waals surface area contributed by atoms with Crippen LogP contribution < -0.4 is 4.90 Å². The highest BCUT2D eigenvalue weighted by Crippen LogP contribution is 2.47. The quantitative estimate of drug-likeness (QED) is 0.406. The number of para-hydroxylation sites is 1. The molecule has 1 aromatic heterocycles. The van der Waals surface area contributed by atoms with Crippen LogP contribution in [0.4, 0.5) is 5.69 Å². The molecule has 1 N–H and O–H groups in total. The Labute approximate surface area is 228 Å². The van der Waals surface area contributed by atoms with Crippen LogP contribution in [0.3, 0.4) is 0 Å². The first-order valence-corrected chi connectivity index (χ1v) is 15.8. The predicted molar refractivity (Wildman–Crippen MR) is 155 cm³/mol. The Morgan fingerprint density at radius 2 is 1.74 bits per heavy atom. The fourth-order valence-corrected chi connectivity index (χ4v) is 7.88. The zero-order valence-electron chi connectivity index (χ0n) is 22.4. The van der Waals surface area contributed by atoms with Crippen LogP contribution in [0.5, 0.6) is 0 Å². The minimum atomic E-state index is -0.865. The van der Waals surface area contributed by atoms with Crippen molar-refractivity contribution in [2.45, 2.75) is 63.8 Å². The Bertz CT molecular complexity index is 1350. The van der Waals surface area contributed by atoms with E-state index in [0.29, 0.717) is 17.4 Å². The van der Waals surface area contributed by atoms with Gasteiger partial charge in [-0.25, -0.2) is 13.3 Å². The van der Waals surface area contributed by atoms with E-state index in [1.807, 2.05) is 6.07 Å². The Kier molecular flexibility index (Phi) is 7.32. The van der Waals surface area contributed by atoms with Gasteiger partial charge in [0, 0.05) is 61.1 Å². The summed E-state index contributed by atoms with van der Waals surface area (Å²) in [6.07, 6.45) is 11.4. The molecule has 3 heterocycles. The summed E-state index contributed by atoms with van der Waals surface area (Å²) < 4.78 is 16.4. The number of benzene rings is 2. The zero-order chi connectivity index (χ0) is 26.2. The number of carboxylic acids is 1.